The zero-order valence-electron chi connectivity index (χ0n) is 17.2. The second kappa shape index (κ2) is 9.02. The van der Waals surface area contributed by atoms with Gasteiger partial charge >= 0.3 is 0 Å². The third-order valence-corrected chi connectivity index (χ3v) is 5.61. The number of allylic oxidation sites excluding steroid dienone is 1. The van der Waals surface area contributed by atoms with Crippen molar-refractivity contribution in [2.24, 2.45) is 0 Å². The Hall–Kier alpha value is -2.64. The van der Waals surface area contributed by atoms with Crippen molar-refractivity contribution in [3.05, 3.63) is 52.5 Å². The topological polar surface area (TPSA) is 76.6 Å². The van der Waals surface area contributed by atoms with Gasteiger partial charge < -0.3 is 19.7 Å². The Labute approximate surface area is 181 Å². The molecule has 1 fully saturated rings. The highest BCUT2D eigenvalue weighted by atomic mass is 35.5. The van der Waals surface area contributed by atoms with Gasteiger partial charge in [0.25, 0.3) is 5.91 Å². The summed E-state index contributed by atoms with van der Waals surface area (Å²) in [5.41, 5.74) is 3.35. The van der Waals surface area contributed by atoms with E-state index < -0.39 is 0 Å². The lowest BCUT2D eigenvalue weighted by atomic mass is 10.1. The average molecular weight is 429 g/mol. The lowest BCUT2D eigenvalue weighted by Gasteiger charge is -2.27. The quantitative estimate of drug-likeness (QED) is 0.761. The first-order chi connectivity index (χ1) is 14.6. The fraction of sp³-hybridized carbons (Fsp3) is 0.409. The van der Waals surface area contributed by atoms with E-state index in [1.807, 2.05) is 25.1 Å². The van der Waals surface area contributed by atoms with Crippen LogP contribution in [0.2, 0.25) is 0 Å². The number of nitrogens with zero attached hydrogens (tertiary/aromatic N) is 3. The monoisotopic (exact) mass is 428 g/mol. The van der Waals surface area contributed by atoms with Gasteiger partial charge in [0.15, 0.2) is 0 Å². The molecule has 0 unspecified atom stereocenters. The van der Waals surface area contributed by atoms with E-state index in [1.54, 1.807) is 18.1 Å². The molecule has 0 atom stereocenters. The number of methoxy groups -OCH3 is 1. The average Bonchev–Trinajstić information content (AvgIpc) is 3.15. The highest BCUT2D eigenvalue weighted by Crippen LogP contribution is 2.34. The van der Waals surface area contributed by atoms with Crippen LogP contribution in [0.1, 0.15) is 39.9 Å². The summed E-state index contributed by atoms with van der Waals surface area (Å²) in [6, 6.07) is 5.55. The van der Waals surface area contributed by atoms with Crippen LogP contribution in [-0.2, 0) is 17.6 Å². The molecule has 1 aromatic heterocycles. The van der Waals surface area contributed by atoms with E-state index in [-0.39, 0.29) is 5.91 Å². The Morgan fingerprint density at radius 1 is 1.30 bits per heavy atom. The first-order valence-electron chi connectivity index (χ1n) is 10.1. The van der Waals surface area contributed by atoms with Crippen LogP contribution in [0.5, 0.6) is 5.75 Å². The summed E-state index contributed by atoms with van der Waals surface area (Å²) in [6.07, 6.45) is 3.16. The van der Waals surface area contributed by atoms with Gasteiger partial charge in [-0.05, 0) is 19.1 Å². The molecule has 0 bridgehead atoms. The second-order valence-corrected chi connectivity index (χ2v) is 7.61. The van der Waals surface area contributed by atoms with Crippen LogP contribution in [-0.4, -0.2) is 60.7 Å². The van der Waals surface area contributed by atoms with Gasteiger partial charge in [0, 0.05) is 48.6 Å². The molecule has 1 amide bonds. The fourth-order valence-electron chi connectivity index (χ4n) is 3.76. The predicted octanol–water partition coefficient (Wildman–Crippen LogP) is 3.12. The molecule has 2 heterocycles. The number of hydrogen-bond acceptors (Lipinski definition) is 6. The van der Waals surface area contributed by atoms with Gasteiger partial charge in [0.1, 0.15) is 17.4 Å². The summed E-state index contributed by atoms with van der Waals surface area (Å²) in [5.74, 6) is 2.09. The number of rotatable bonds is 6. The van der Waals surface area contributed by atoms with Crippen LogP contribution in [0.15, 0.2) is 24.3 Å². The number of carbonyl (C=O) groups excluding carboxylic acids is 1. The van der Waals surface area contributed by atoms with E-state index in [0.29, 0.717) is 61.3 Å². The Morgan fingerprint density at radius 2 is 2.10 bits per heavy atom. The van der Waals surface area contributed by atoms with Crippen LogP contribution in [0.3, 0.4) is 0 Å². The molecule has 1 aromatic carbocycles. The van der Waals surface area contributed by atoms with Crippen LogP contribution >= 0.6 is 11.6 Å². The molecule has 0 saturated carbocycles. The summed E-state index contributed by atoms with van der Waals surface area (Å²) in [6.45, 7) is 5.13. The molecule has 7 nitrogen and oxygen atoms in total. The van der Waals surface area contributed by atoms with Crippen molar-refractivity contribution in [1.29, 1.82) is 0 Å². The number of halogens is 1. The molecule has 4 rings (SSSR count). The maximum atomic E-state index is 12.8. The molecule has 1 aliphatic carbocycles. The van der Waals surface area contributed by atoms with Crippen molar-refractivity contribution in [1.82, 2.24) is 14.9 Å². The van der Waals surface area contributed by atoms with E-state index >= 15 is 0 Å². The molecular weight excluding hydrogens is 404 g/mol. The van der Waals surface area contributed by atoms with Crippen LogP contribution in [0, 0.1) is 0 Å². The van der Waals surface area contributed by atoms with Crippen LogP contribution in [0.4, 0.5) is 5.82 Å². The highest BCUT2D eigenvalue weighted by Gasteiger charge is 2.23. The maximum absolute atomic E-state index is 12.8. The Morgan fingerprint density at radius 3 is 2.83 bits per heavy atom. The maximum Gasteiger partial charge on any atom is 0.254 e. The summed E-state index contributed by atoms with van der Waals surface area (Å²) in [5, 5.41) is 3.98. The molecule has 1 N–H and O–H groups in total. The summed E-state index contributed by atoms with van der Waals surface area (Å²) in [4.78, 5) is 24.0. The van der Waals surface area contributed by atoms with Crippen molar-refractivity contribution in [3.8, 4) is 5.75 Å². The van der Waals surface area contributed by atoms with E-state index in [4.69, 9.17) is 31.0 Å². The third kappa shape index (κ3) is 4.13. The van der Waals surface area contributed by atoms with Crippen molar-refractivity contribution >= 4 is 28.4 Å². The van der Waals surface area contributed by atoms with E-state index in [1.165, 1.54) is 0 Å². The first-order valence-corrected chi connectivity index (χ1v) is 10.5. The number of carbonyl (C=O) groups is 1. The molecular formula is C22H25ClN4O3. The molecule has 2 aliphatic rings. The fourth-order valence-corrected chi connectivity index (χ4v) is 4.04. The van der Waals surface area contributed by atoms with Crippen LogP contribution in [0.25, 0.3) is 5.03 Å². The lowest BCUT2D eigenvalue weighted by molar-refractivity contribution is 0.0302. The van der Waals surface area contributed by atoms with E-state index in [2.05, 4.69) is 5.32 Å². The van der Waals surface area contributed by atoms with Gasteiger partial charge in [-0.25, -0.2) is 9.97 Å². The number of morpholine rings is 1. The zero-order chi connectivity index (χ0) is 21.1. The SMILES string of the molecule is CCNc1nc(Cc2ccc(C(=O)N3CCOCC3)cc2OC)nc2c1C(Cl)=CC2. The number of fused-ring (bicyclic) bond motifs is 1. The van der Waals surface area contributed by atoms with Crippen molar-refractivity contribution < 1.29 is 14.3 Å². The predicted molar refractivity (Wildman–Crippen MR) is 116 cm³/mol. The lowest BCUT2D eigenvalue weighted by Crippen LogP contribution is -2.40. The number of aromatic nitrogens is 2. The summed E-state index contributed by atoms with van der Waals surface area (Å²) < 4.78 is 10.9. The largest absolute Gasteiger partial charge is 0.496 e. The minimum absolute atomic E-state index is 0.00733. The molecule has 158 valence electrons. The number of anilines is 1. The Bertz CT molecular complexity index is 987. The number of nitrogens with one attached hydrogen (secondary N) is 1. The smallest absolute Gasteiger partial charge is 0.254 e. The highest BCUT2D eigenvalue weighted by molar-refractivity contribution is 6.49. The third-order valence-electron chi connectivity index (χ3n) is 5.27. The number of hydrogen-bond donors (Lipinski definition) is 1. The minimum atomic E-state index is -0.00733. The second-order valence-electron chi connectivity index (χ2n) is 7.20. The standard InChI is InChI=1S/C22H25ClN4O3/c1-3-24-21-20-16(23)6-7-17(20)25-19(26-21)13-14-4-5-15(12-18(14)29-2)22(28)27-8-10-30-11-9-27/h4-6,12H,3,7-11,13H2,1-2H3,(H,24,25,26). The van der Waals surface area contributed by atoms with Crippen LogP contribution < -0.4 is 10.1 Å². The van der Waals surface area contributed by atoms with Crippen molar-refractivity contribution in [2.75, 3.05) is 45.3 Å². The number of ether oxygens (including phenoxy) is 2. The van der Waals surface area contributed by atoms with Gasteiger partial charge in [-0.15, -0.1) is 0 Å². The molecule has 1 aliphatic heterocycles. The minimum Gasteiger partial charge on any atom is -0.496 e. The van der Waals surface area contributed by atoms with Crippen molar-refractivity contribution in [2.45, 2.75) is 19.8 Å². The number of amides is 1. The normalized spacial score (nSPS) is 15.6. The molecule has 8 heteroatoms. The summed E-state index contributed by atoms with van der Waals surface area (Å²) >= 11 is 6.33. The van der Waals surface area contributed by atoms with E-state index in [9.17, 15) is 4.79 Å². The molecule has 0 radical (unpaired) electrons. The van der Waals surface area contributed by atoms with E-state index in [0.717, 1.165) is 29.2 Å². The molecule has 30 heavy (non-hydrogen) atoms. The van der Waals surface area contributed by atoms with Gasteiger partial charge in [0.2, 0.25) is 0 Å². The molecule has 0 spiro atoms. The van der Waals surface area contributed by atoms with Crippen molar-refractivity contribution in [3.63, 3.8) is 0 Å². The van der Waals surface area contributed by atoms with Gasteiger partial charge in [-0.3, -0.25) is 4.79 Å². The van der Waals surface area contributed by atoms with Gasteiger partial charge in [-0.2, -0.15) is 0 Å². The zero-order valence-corrected chi connectivity index (χ0v) is 18.0. The van der Waals surface area contributed by atoms with Gasteiger partial charge in [0.05, 0.1) is 31.6 Å². The summed E-state index contributed by atoms with van der Waals surface area (Å²) in [7, 11) is 1.61. The molecule has 2 aromatic rings. The van der Waals surface area contributed by atoms with Gasteiger partial charge in [-0.1, -0.05) is 23.7 Å². The Kier molecular flexibility index (Phi) is 6.20. The molecule has 1 saturated heterocycles. The number of benzene rings is 1. The first kappa shape index (κ1) is 20.6. The Balaban J connectivity index is 1.59.